The molecule has 1 aromatic rings. The van der Waals surface area contributed by atoms with Crippen molar-refractivity contribution in [3.8, 4) is 5.75 Å². The Kier molecular flexibility index (Phi) is 2.96. The molecule has 0 amide bonds. The maximum atomic E-state index is 12.8. The Morgan fingerprint density at radius 2 is 2.00 bits per heavy atom. The molecule has 14 heavy (non-hydrogen) atoms. The van der Waals surface area contributed by atoms with Crippen LogP contribution in [0.4, 0.5) is 4.39 Å². The Morgan fingerprint density at radius 3 is 2.50 bits per heavy atom. The van der Waals surface area contributed by atoms with E-state index in [1.807, 2.05) is 0 Å². The Balaban J connectivity index is 3.23. The number of halogens is 1. The number of carbonyl (C=O) groups excluding carboxylic acids is 2. The number of methoxy groups -OCH3 is 1. The summed E-state index contributed by atoms with van der Waals surface area (Å²) in [6.45, 7) is 1.13. The van der Waals surface area contributed by atoms with E-state index >= 15 is 0 Å². The van der Waals surface area contributed by atoms with Gasteiger partial charge in [0.05, 0.1) is 12.7 Å². The van der Waals surface area contributed by atoms with Crippen LogP contribution in [0.1, 0.15) is 17.3 Å². The first-order chi connectivity index (χ1) is 6.56. The standard InChI is InChI=1S/C10H9FO3/c1-6(12)10(13)8-5-7(11)3-4-9(8)14-2/h3-5H,1-2H3. The van der Waals surface area contributed by atoms with Crippen molar-refractivity contribution in [3.05, 3.63) is 29.6 Å². The van der Waals surface area contributed by atoms with Gasteiger partial charge in [-0.2, -0.15) is 0 Å². The van der Waals surface area contributed by atoms with Crippen LogP contribution in [0.5, 0.6) is 5.75 Å². The lowest BCUT2D eigenvalue weighted by Crippen LogP contribution is -2.11. The van der Waals surface area contributed by atoms with Crippen molar-refractivity contribution < 1.29 is 18.7 Å². The van der Waals surface area contributed by atoms with Crippen molar-refractivity contribution >= 4 is 11.6 Å². The number of carbonyl (C=O) groups is 2. The molecule has 0 fully saturated rings. The molecular formula is C10H9FO3. The van der Waals surface area contributed by atoms with Gasteiger partial charge in [0.15, 0.2) is 5.78 Å². The highest BCUT2D eigenvalue weighted by atomic mass is 19.1. The first kappa shape index (κ1) is 10.4. The van der Waals surface area contributed by atoms with Gasteiger partial charge in [-0.05, 0) is 18.2 Å². The predicted octanol–water partition coefficient (Wildman–Crippen LogP) is 1.61. The fourth-order valence-corrected chi connectivity index (χ4v) is 1.05. The number of ether oxygens (including phenoxy) is 1. The molecule has 0 aliphatic heterocycles. The molecule has 0 N–H and O–H groups in total. The van der Waals surface area contributed by atoms with Crippen LogP contribution in [0, 0.1) is 5.82 Å². The third kappa shape index (κ3) is 1.96. The predicted molar refractivity (Wildman–Crippen MR) is 48.0 cm³/mol. The molecule has 0 unspecified atom stereocenters. The minimum atomic E-state index is -0.749. The van der Waals surface area contributed by atoms with Crippen LogP contribution in [-0.4, -0.2) is 18.7 Å². The third-order valence-corrected chi connectivity index (χ3v) is 1.73. The van der Waals surface area contributed by atoms with Crippen molar-refractivity contribution in [2.45, 2.75) is 6.92 Å². The number of hydrogen-bond acceptors (Lipinski definition) is 3. The fourth-order valence-electron chi connectivity index (χ4n) is 1.05. The first-order valence-corrected chi connectivity index (χ1v) is 3.95. The average molecular weight is 196 g/mol. The average Bonchev–Trinajstić information content (AvgIpc) is 2.16. The topological polar surface area (TPSA) is 43.4 Å². The summed E-state index contributed by atoms with van der Waals surface area (Å²) in [5.74, 6) is -1.77. The van der Waals surface area contributed by atoms with E-state index in [1.54, 1.807) is 0 Å². The minimum absolute atomic E-state index is 0.0417. The lowest BCUT2D eigenvalue weighted by atomic mass is 10.1. The second-order valence-corrected chi connectivity index (χ2v) is 2.73. The van der Waals surface area contributed by atoms with E-state index in [9.17, 15) is 14.0 Å². The van der Waals surface area contributed by atoms with Crippen molar-refractivity contribution in [1.82, 2.24) is 0 Å². The van der Waals surface area contributed by atoms with Crippen molar-refractivity contribution in [3.63, 3.8) is 0 Å². The zero-order chi connectivity index (χ0) is 10.7. The van der Waals surface area contributed by atoms with Crippen molar-refractivity contribution in [2.24, 2.45) is 0 Å². The summed E-state index contributed by atoms with van der Waals surface area (Å²) in [6, 6.07) is 3.46. The zero-order valence-electron chi connectivity index (χ0n) is 7.83. The van der Waals surface area contributed by atoms with Crippen LogP contribution in [0.15, 0.2) is 18.2 Å². The molecule has 4 heteroatoms. The van der Waals surface area contributed by atoms with Gasteiger partial charge in [-0.3, -0.25) is 9.59 Å². The van der Waals surface area contributed by atoms with Gasteiger partial charge in [0.25, 0.3) is 0 Å². The van der Waals surface area contributed by atoms with E-state index < -0.39 is 17.4 Å². The number of ketones is 2. The van der Waals surface area contributed by atoms with Gasteiger partial charge in [0, 0.05) is 6.92 Å². The maximum absolute atomic E-state index is 12.8. The van der Waals surface area contributed by atoms with Gasteiger partial charge in [0.2, 0.25) is 5.78 Å². The molecule has 0 atom stereocenters. The molecule has 0 saturated heterocycles. The Bertz CT molecular complexity index is 385. The second-order valence-electron chi connectivity index (χ2n) is 2.73. The zero-order valence-corrected chi connectivity index (χ0v) is 7.83. The molecule has 0 heterocycles. The van der Waals surface area contributed by atoms with E-state index in [-0.39, 0.29) is 11.3 Å². The molecular weight excluding hydrogens is 187 g/mol. The lowest BCUT2D eigenvalue weighted by molar-refractivity contribution is -0.113. The molecule has 0 saturated carbocycles. The molecule has 0 aliphatic carbocycles. The highest BCUT2D eigenvalue weighted by Crippen LogP contribution is 2.19. The van der Waals surface area contributed by atoms with Gasteiger partial charge in [-0.25, -0.2) is 4.39 Å². The number of hydrogen-bond donors (Lipinski definition) is 0. The van der Waals surface area contributed by atoms with Crippen LogP contribution in [0.2, 0.25) is 0 Å². The fraction of sp³-hybridized carbons (Fsp3) is 0.200. The van der Waals surface area contributed by atoms with E-state index in [2.05, 4.69) is 0 Å². The molecule has 0 radical (unpaired) electrons. The van der Waals surface area contributed by atoms with Gasteiger partial charge in [-0.15, -0.1) is 0 Å². The van der Waals surface area contributed by atoms with Gasteiger partial charge in [0.1, 0.15) is 11.6 Å². The number of rotatable bonds is 3. The first-order valence-electron chi connectivity index (χ1n) is 3.95. The summed E-state index contributed by atoms with van der Waals surface area (Å²) in [4.78, 5) is 22.1. The monoisotopic (exact) mass is 196 g/mol. The highest BCUT2D eigenvalue weighted by molar-refractivity contribution is 6.43. The quantitative estimate of drug-likeness (QED) is 0.544. The van der Waals surface area contributed by atoms with Crippen molar-refractivity contribution in [1.29, 1.82) is 0 Å². The van der Waals surface area contributed by atoms with E-state index in [0.29, 0.717) is 0 Å². The van der Waals surface area contributed by atoms with Crippen LogP contribution in [0.3, 0.4) is 0 Å². The summed E-state index contributed by atoms with van der Waals surface area (Å²) >= 11 is 0. The van der Waals surface area contributed by atoms with Crippen LogP contribution in [-0.2, 0) is 4.79 Å². The summed E-state index contributed by atoms with van der Waals surface area (Å²) in [7, 11) is 1.35. The van der Waals surface area contributed by atoms with Crippen molar-refractivity contribution in [2.75, 3.05) is 7.11 Å². The molecule has 0 bridgehead atoms. The molecule has 0 aromatic heterocycles. The smallest absolute Gasteiger partial charge is 0.232 e. The summed E-state index contributed by atoms with van der Waals surface area (Å²) in [5.41, 5.74) is -0.0417. The normalized spacial score (nSPS) is 9.64. The molecule has 3 nitrogen and oxygen atoms in total. The van der Waals surface area contributed by atoms with E-state index in [1.165, 1.54) is 13.2 Å². The van der Waals surface area contributed by atoms with E-state index in [0.717, 1.165) is 19.1 Å². The molecule has 1 aromatic carbocycles. The number of Topliss-reactive ketones (excluding diaryl/α,β-unsaturated/α-hetero) is 2. The largest absolute Gasteiger partial charge is 0.496 e. The lowest BCUT2D eigenvalue weighted by Gasteiger charge is -2.05. The summed E-state index contributed by atoms with van der Waals surface area (Å²) < 4.78 is 17.6. The van der Waals surface area contributed by atoms with E-state index in [4.69, 9.17) is 4.74 Å². The van der Waals surface area contributed by atoms with Gasteiger partial charge >= 0.3 is 0 Å². The minimum Gasteiger partial charge on any atom is -0.496 e. The summed E-state index contributed by atoms with van der Waals surface area (Å²) in [5, 5.41) is 0. The number of benzene rings is 1. The molecule has 1 rings (SSSR count). The molecule has 0 aliphatic rings. The van der Waals surface area contributed by atoms with Crippen LogP contribution in [0.25, 0.3) is 0 Å². The summed E-state index contributed by atoms with van der Waals surface area (Å²) in [6.07, 6.45) is 0. The highest BCUT2D eigenvalue weighted by Gasteiger charge is 2.16. The Morgan fingerprint density at radius 1 is 1.36 bits per heavy atom. The Labute approximate surface area is 80.5 Å². The van der Waals surface area contributed by atoms with Gasteiger partial charge in [-0.1, -0.05) is 0 Å². The molecule has 74 valence electrons. The van der Waals surface area contributed by atoms with Gasteiger partial charge < -0.3 is 4.74 Å². The third-order valence-electron chi connectivity index (χ3n) is 1.73. The SMILES string of the molecule is COc1ccc(F)cc1C(=O)C(C)=O. The molecule has 0 spiro atoms. The Hall–Kier alpha value is -1.71. The second kappa shape index (κ2) is 4.00. The van der Waals surface area contributed by atoms with Crippen LogP contribution >= 0.6 is 0 Å². The van der Waals surface area contributed by atoms with Crippen LogP contribution < -0.4 is 4.74 Å². The maximum Gasteiger partial charge on any atom is 0.232 e.